The van der Waals surface area contributed by atoms with E-state index < -0.39 is 0 Å². The van der Waals surface area contributed by atoms with Gasteiger partial charge >= 0.3 is 0 Å². The first kappa shape index (κ1) is 18.7. The van der Waals surface area contributed by atoms with Crippen LogP contribution in [0.3, 0.4) is 0 Å². The van der Waals surface area contributed by atoms with Crippen LogP contribution >= 0.6 is 0 Å². The average molecular weight is 369 g/mol. The van der Waals surface area contributed by atoms with Gasteiger partial charge in [0.25, 0.3) is 5.91 Å². The summed E-state index contributed by atoms with van der Waals surface area (Å²) in [7, 11) is 0. The van der Waals surface area contributed by atoms with Gasteiger partial charge in [-0.2, -0.15) is 0 Å². The Morgan fingerprint density at radius 1 is 0.963 bits per heavy atom. The zero-order valence-electron chi connectivity index (χ0n) is 15.1. The van der Waals surface area contributed by atoms with E-state index in [4.69, 9.17) is 4.42 Å². The molecule has 0 bridgehead atoms. The van der Waals surface area contributed by atoms with Gasteiger partial charge in [-0.3, -0.25) is 14.4 Å². The van der Waals surface area contributed by atoms with E-state index in [0.717, 1.165) is 5.56 Å². The Labute approximate surface area is 157 Å². The number of nitrogens with one attached hydrogen (secondary N) is 1. The number of benzene rings is 1. The summed E-state index contributed by atoms with van der Waals surface area (Å²) in [6.07, 6.45) is 3.47. The highest BCUT2D eigenvalue weighted by Crippen LogP contribution is 2.10. The summed E-state index contributed by atoms with van der Waals surface area (Å²) in [4.78, 5) is 39.9. The van der Waals surface area contributed by atoms with Crippen molar-refractivity contribution < 1.29 is 18.8 Å². The smallest absolute Gasteiger partial charge is 0.257 e. The van der Waals surface area contributed by atoms with Crippen molar-refractivity contribution in [2.75, 3.05) is 32.7 Å². The average Bonchev–Trinajstić information content (AvgIpc) is 3.23. The van der Waals surface area contributed by atoms with Gasteiger partial charge in [0.1, 0.15) is 6.26 Å². The molecule has 1 aliphatic heterocycles. The second-order valence-electron chi connectivity index (χ2n) is 6.45. The summed E-state index contributed by atoms with van der Waals surface area (Å²) in [6, 6.07) is 11.1. The number of carbonyl (C=O) groups is 3. The summed E-state index contributed by atoms with van der Waals surface area (Å²) >= 11 is 0. The maximum absolute atomic E-state index is 12.3. The summed E-state index contributed by atoms with van der Waals surface area (Å²) in [5.74, 6) is -0.182. The zero-order valence-corrected chi connectivity index (χ0v) is 15.1. The van der Waals surface area contributed by atoms with E-state index in [1.807, 2.05) is 30.3 Å². The van der Waals surface area contributed by atoms with Crippen LogP contribution in [0.4, 0.5) is 0 Å². The number of amides is 3. The third kappa shape index (κ3) is 5.20. The van der Waals surface area contributed by atoms with Gasteiger partial charge in [-0.25, -0.2) is 0 Å². The van der Waals surface area contributed by atoms with Gasteiger partial charge in [-0.15, -0.1) is 0 Å². The molecule has 0 aliphatic carbocycles. The number of hydrogen-bond acceptors (Lipinski definition) is 4. The number of piperazine rings is 1. The van der Waals surface area contributed by atoms with Crippen molar-refractivity contribution in [3.8, 4) is 0 Å². The van der Waals surface area contributed by atoms with E-state index in [0.29, 0.717) is 44.7 Å². The maximum Gasteiger partial charge on any atom is 0.257 e. The summed E-state index contributed by atoms with van der Waals surface area (Å²) < 4.78 is 4.94. The molecule has 1 N–H and O–H groups in total. The Kier molecular flexibility index (Phi) is 6.25. The molecule has 7 heteroatoms. The van der Waals surface area contributed by atoms with Gasteiger partial charge in [0, 0.05) is 39.1 Å². The fraction of sp³-hybridized carbons (Fsp3) is 0.350. The van der Waals surface area contributed by atoms with Gasteiger partial charge in [0.05, 0.1) is 18.2 Å². The standard InChI is InChI=1S/C20H23N3O4/c24-18(14-16-4-2-1-3-5-16)21-8-6-19(25)22-9-11-23(12-10-22)20(26)17-7-13-27-15-17/h1-5,7,13,15H,6,8-12,14H2,(H,21,24). The summed E-state index contributed by atoms with van der Waals surface area (Å²) in [5.41, 5.74) is 1.47. The van der Waals surface area contributed by atoms with Crippen LogP contribution in [-0.2, 0) is 16.0 Å². The Bertz CT molecular complexity index is 766. The molecule has 2 heterocycles. The van der Waals surface area contributed by atoms with Crippen LogP contribution in [-0.4, -0.2) is 60.2 Å². The van der Waals surface area contributed by atoms with Gasteiger partial charge in [0.15, 0.2) is 0 Å². The fourth-order valence-corrected chi connectivity index (χ4v) is 3.04. The molecular weight excluding hydrogens is 346 g/mol. The number of furan rings is 1. The lowest BCUT2D eigenvalue weighted by atomic mass is 10.1. The Balaban J connectivity index is 1.36. The van der Waals surface area contributed by atoms with Crippen LogP contribution in [0.15, 0.2) is 53.3 Å². The highest BCUT2D eigenvalue weighted by molar-refractivity contribution is 5.94. The minimum Gasteiger partial charge on any atom is -0.472 e. The molecule has 1 fully saturated rings. The predicted octanol–water partition coefficient (Wildman–Crippen LogP) is 1.31. The molecule has 7 nitrogen and oxygen atoms in total. The summed E-state index contributed by atoms with van der Waals surface area (Å²) in [5, 5.41) is 2.79. The van der Waals surface area contributed by atoms with Crippen molar-refractivity contribution >= 4 is 17.7 Å². The van der Waals surface area contributed by atoms with Crippen molar-refractivity contribution in [3.05, 3.63) is 60.1 Å². The molecule has 0 saturated carbocycles. The van der Waals surface area contributed by atoms with Crippen molar-refractivity contribution in [3.63, 3.8) is 0 Å². The van der Waals surface area contributed by atoms with E-state index >= 15 is 0 Å². The Morgan fingerprint density at radius 3 is 2.33 bits per heavy atom. The van der Waals surface area contributed by atoms with Gasteiger partial charge in [-0.05, 0) is 11.6 Å². The first-order valence-corrected chi connectivity index (χ1v) is 9.03. The van der Waals surface area contributed by atoms with Crippen LogP contribution in [0.5, 0.6) is 0 Å². The summed E-state index contributed by atoms with van der Waals surface area (Å²) in [6.45, 7) is 2.31. The number of nitrogens with zero attached hydrogens (tertiary/aromatic N) is 2. The molecular formula is C20H23N3O4. The van der Waals surface area contributed by atoms with Crippen LogP contribution < -0.4 is 5.32 Å². The van der Waals surface area contributed by atoms with Gasteiger partial charge in [0.2, 0.25) is 11.8 Å². The molecule has 0 radical (unpaired) electrons. The van der Waals surface area contributed by atoms with Crippen molar-refractivity contribution in [2.24, 2.45) is 0 Å². The molecule has 1 aliphatic rings. The second-order valence-corrected chi connectivity index (χ2v) is 6.45. The minimum atomic E-state index is -0.0930. The minimum absolute atomic E-state index is 0.00887. The molecule has 3 amide bonds. The van der Waals surface area contributed by atoms with Crippen molar-refractivity contribution in [2.45, 2.75) is 12.8 Å². The normalized spacial score (nSPS) is 14.1. The Morgan fingerprint density at radius 2 is 1.67 bits per heavy atom. The van der Waals surface area contributed by atoms with Crippen LogP contribution in [0.2, 0.25) is 0 Å². The molecule has 142 valence electrons. The third-order valence-corrected chi connectivity index (χ3v) is 4.56. The number of carbonyl (C=O) groups excluding carboxylic acids is 3. The molecule has 0 atom stereocenters. The van der Waals surface area contributed by atoms with Crippen LogP contribution in [0, 0.1) is 0 Å². The molecule has 0 unspecified atom stereocenters. The quantitative estimate of drug-likeness (QED) is 0.832. The van der Waals surface area contributed by atoms with Gasteiger partial charge < -0.3 is 19.5 Å². The highest BCUT2D eigenvalue weighted by atomic mass is 16.3. The first-order valence-electron chi connectivity index (χ1n) is 9.03. The van der Waals surface area contributed by atoms with Crippen LogP contribution in [0.1, 0.15) is 22.3 Å². The molecule has 27 heavy (non-hydrogen) atoms. The topological polar surface area (TPSA) is 82.9 Å². The third-order valence-electron chi connectivity index (χ3n) is 4.56. The lowest BCUT2D eigenvalue weighted by molar-refractivity contribution is -0.132. The monoisotopic (exact) mass is 369 g/mol. The largest absolute Gasteiger partial charge is 0.472 e. The van der Waals surface area contributed by atoms with Crippen molar-refractivity contribution in [1.82, 2.24) is 15.1 Å². The van der Waals surface area contributed by atoms with Crippen molar-refractivity contribution in [1.29, 1.82) is 0 Å². The molecule has 0 spiro atoms. The van der Waals surface area contributed by atoms with Gasteiger partial charge in [-0.1, -0.05) is 30.3 Å². The lowest BCUT2D eigenvalue weighted by Gasteiger charge is -2.34. The second kappa shape index (κ2) is 9.02. The first-order chi connectivity index (χ1) is 13.1. The molecule has 2 aromatic rings. The van der Waals surface area contributed by atoms with E-state index in [-0.39, 0.29) is 24.1 Å². The predicted molar refractivity (Wildman–Crippen MR) is 99.0 cm³/mol. The van der Waals surface area contributed by atoms with E-state index in [2.05, 4.69) is 5.32 Å². The van der Waals surface area contributed by atoms with Crippen LogP contribution in [0.25, 0.3) is 0 Å². The molecule has 1 saturated heterocycles. The lowest BCUT2D eigenvalue weighted by Crippen LogP contribution is -2.51. The molecule has 1 aromatic carbocycles. The number of rotatable bonds is 6. The highest BCUT2D eigenvalue weighted by Gasteiger charge is 2.25. The van der Waals surface area contributed by atoms with E-state index in [9.17, 15) is 14.4 Å². The van der Waals surface area contributed by atoms with E-state index in [1.165, 1.54) is 12.5 Å². The molecule has 1 aromatic heterocycles. The van der Waals surface area contributed by atoms with E-state index in [1.54, 1.807) is 15.9 Å². The fourth-order valence-electron chi connectivity index (χ4n) is 3.04. The number of hydrogen-bond donors (Lipinski definition) is 1. The maximum atomic E-state index is 12.3. The molecule has 3 rings (SSSR count). The zero-order chi connectivity index (χ0) is 19.1. The SMILES string of the molecule is O=C(Cc1ccccc1)NCCC(=O)N1CCN(C(=O)c2ccoc2)CC1. The Hall–Kier alpha value is -3.09.